The maximum Gasteiger partial charge on any atom is 0.335 e. The summed E-state index contributed by atoms with van der Waals surface area (Å²) >= 11 is 0. The number of rotatable bonds is 5. The summed E-state index contributed by atoms with van der Waals surface area (Å²) in [4.78, 5) is 42.5. The Morgan fingerprint density at radius 2 is 1.50 bits per heavy atom. The van der Waals surface area contributed by atoms with Crippen LogP contribution < -0.4 is 27.0 Å². The first-order chi connectivity index (χ1) is 18.1. The average molecular weight is 534 g/mol. The summed E-state index contributed by atoms with van der Waals surface area (Å²) in [6.45, 7) is 0. The van der Waals surface area contributed by atoms with Gasteiger partial charge in [-0.25, -0.2) is 4.79 Å². The van der Waals surface area contributed by atoms with Gasteiger partial charge in [-0.15, -0.1) is 0 Å². The van der Waals surface area contributed by atoms with Crippen molar-refractivity contribution in [2.75, 3.05) is 5.43 Å². The number of aromatic carboxylic acids is 1. The van der Waals surface area contributed by atoms with Crippen LogP contribution in [0, 0.1) is 10.4 Å². The second-order valence-corrected chi connectivity index (χ2v) is 10.6. The fraction of sp³-hybridized carbons (Fsp3) is 0.222. The Bertz CT molecular complexity index is 1970. The molecule has 194 valence electrons. The number of carboxylic acids is 1. The van der Waals surface area contributed by atoms with Crippen LogP contribution in [0.2, 0.25) is 0 Å². The lowest BCUT2D eigenvalue weighted by Crippen LogP contribution is -2.34. The van der Waals surface area contributed by atoms with Gasteiger partial charge in [0, 0.05) is 10.8 Å². The topological polar surface area (TPSA) is 163 Å². The summed E-state index contributed by atoms with van der Waals surface area (Å²) in [7, 11) is -4.91. The summed E-state index contributed by atoms with van der Waals surface area (Å²) in [5.41, 5.74) is 1.81. The zero-order valence-electron chi connectivity index (χ0n) is 20.0. The average Bonchev–Trinajstić information content (AvgIpc) is 2.90. The van der Waals surface area contributed by atoms with Gasteiger partial charge in [-0.05, 0) is 43.2 Å². The Morgan fingerprint density at radius 3 is 2.08 bits per heavy atom. The third kappa shape index (κ3) is 4.73. The van der Waals surface area contributed by atoms with Crippen LogP contribution in [0.4, 0.5) is 5.69 Å². The molecule has 1 fully saturated rings. The molecule has 0 aromatic heterocycles. The molecule has 2 aromatic rings. The predicted octanol–water partition coefficient (Wildman–Crippen LogP) is 2.27. The molecule has 5 rings (SSSR count). The van der Waals surface area contributed by atoms with Gasteiger partial charge in [-0.1, -0.05) is 43.5 Å². The van der Waals surface area contributed by atoms with Crippen molar-refractivity contribution in [1.82, 2.24) is 0 Å². The number of anilines is 1. The number of carboxylic acid groups (broad SMARTS) is 1. The first-order valence-corrected chi connectivity index (χ1v) is 13.5. The van der Waals surface area contributed by atoms with E-state index in [9.17, 15) is 27.4 Å². The molecule has 38 heavy (non-hydrogen) atoms. The van der Waals surface area contributed by atoms with Crippen LogP contribution in [0.15, 0.2) is 79.2 Å². The molecule has 0 unspecified atom stereocenters. The monoisotopic (exact) mass is 533 g/mol. The highest BCUT2D eigenvalue weighted by molar-refractivity contribution is 7.85. The van der Waals surface area contributed by atoms with Gasteiger partial charge < -0.3 is 5.11 Å². The fourth-order valence-corrected chi connectivity index (χ4v) is 5.51. The SMILES string of the molecule is O=C(O)c1ccc(N/N=c2/c(S(=O)(=O)O)cc(=NC3CCCCC3)c3c(=O)c4ccccc4c(=O)c2=3)cc1. The highest BCUT2D eigenvalue weighted by Gasteiger charge is 2.21. The van der Waals surface area contributed by atoms with Crippen LogP contribution in [-0.4, -0.2) is 30.1 Å². The predicted molar refractivity (Wildman–Crippen MR) is 139 cm³/mol. The van der Waals surface area contributed by atoms with Crippen molar-refractivity contribution >= 4 is 32.5 Å². The molecule has 0 saturated heterocycles. The lowest BCUT2D eigenvalue weighted by molar-refractivity contribution is 0.0697. The minimum atomic E-state index is -4.91. The van der Waals surface area contributed by atoms with Crippen molar-refractivity contribution in [2.24, 2.45) is 10.1 Å². The van der Waals surface area contributed by atoms with E-state index in [0.717, 1.165) is 38.2 Å². The standard InChI is InChI=1S/C27H23N3O7S/c31-25-18-8-4-5-9-19(18)26(32)23-22(25)20(28-16-6-2-1-3-7-16)14-21(38(35,36)37)24(23)30-29-17-12-10-15(11-13-17)27(33)34/h4-5,8-14,16,29H,1-3,6-7H2,(H,33,34)(H,35,36,37)/b28-20?,30-24-. The number of fused-ring (bicyclic) bond motifs is 1. The van der Waals surface area contributed by atoms with Gasteiger partial charge in [0.05, 0.1) is 33.1 Å². The van der Waals surface area contributed by atoms with Crippen molar-refractivity contribution in [1.29, 1.82) is 0 Å². The van der Waals surface area contributed by atoms with Crippen molar-refractivity contribution in [3.63, 3.8) is 0 Å². The van der Waals surface area contributed by atoms with E-state index < -0.39 is 37.2 Å². The molecule has 0 heterocycles. The zero-order chi connectivity index (χ0) is 27.0. The molecule has 0 spiro atoms. The van der Waals surface area contributed by atoms with Crippen LogP contribution in [0.25, 0.3) is 10.8 Å². The van der Waals surface area contributed by atoms with Crippen LogP contribution in [0.5, 0.6) is 0 Å². The maximum absolute atomic E-state index is 13.7. The lowest BCUT2D eigenvalue weighted by atomic mass is 9.96. The quantitative estimate of drug-likeness (QED) is 0.260. The van der Waals surface area contributed by atoms with E-state index in [1.165, 1.54) is 36.4 Å². The van der Waals surface area contributed by atoms with Gasteiger partial charge in [0.2, 0.25) is 0 Å². The number of hydrogen-bond donors (Lipinski definition) is 3. The summed E-state index contributed by atoms with van der Waals surface area (Å²) in [6, 6.07) is 12.6. The molecule has 0 radical (unpaired) electrons. The molecule has 1 saturated carbocycles. The third-order valence-electron chi connectivity index (χ3n) is 6.72. The van der Waals surface area contributed by atoms with E-state index in [1.54, 1.807) is 12.1 Å². The van der Waals surface area contributed by atoms with Gasteiger partial charge in [0.25, 0.3) is 10.1 Å². The summed E-state index contributed by atoms with van der Waals surface area (Å²) in [6.07, 6.45) is 4.45. The van der Waals surface area contributed by atoms with E-state index in [0.29, 0.717) is 0 Å². The summed E-state index contributed by atoms with van der Waals surface area (Å²) < 4.78 is 35.2. The van der Waals surface area contributed by atoms with Crippen molar-refractivity contribution in [2.45, 2.75) is 43.0 Å². The fourth-order valence-electron chi connectivity index (χ4n) is 4.86. The Hall–Kier alpha value is -4.22. The van der Waals surface area contributed by atoms with E-state index in [2.05, 4.69) is 15.5 Å². The second kappa shape index (κ2) is 9.92. The van der Waals surface area contributed by atoms with Crippen molar-refractivity contribution < 1.29 is 22.9 Å². The van der Waals surface area contributed by atoms with Gasteiger partial charge >= 0.3 is 5.97 Å². The number of benzene rings is 2. The zero-order valence-corrected chi connectivity index (χ0v) is 20.9. The van der Waals surface area contributed by atoms with Crippen LogP contribution >= 0.6 is 0 Å². The maximum atomic E-state index is 13.7. The Morgan fingerprint density at radius 1 is 0.895 bits per heavy atom. The molecule has 0 amide bonds. The first-order valence-electron chi connectivity index (χ1n) is 12.0. The largest absolute Gasteiger partial charge is 0.478 e. The third-order valence-corrected chi connectivity index (χ3v) is 7.58. The van der Waals surface area contributed by atoms with Crippen LogP contribution in [0.1, 0.15) is 42.5 Å². The minimum Gasteiger partial charge on any atom is -0.478 e. The number of carbonyl (C=O) groups is 1. The molecule has 0 atom stereocenters. The van der Waals surface area contributed by atoms with Crippen molar-refractivity contribution in [3.8, 4) is 0 Å². The molecule has 3 aliphatic rings. The Kier molecular flexibility index (Phi) is 6.64. The van der Waals surface area contributed by atoms with Gasteiger partial charge in [0.1, 0.15) is 10.3 Å². The molecule has 10 nitrogen and oxygen atoms in total. The van der Waals surface area contributed by atoms with E-state index in [-0.39, 0.29) is 43.9 Å². The number of hydrogen-bond acceptors (Lipinski definition) is 8. The van der Waals surface area contributed by atoms with E-state index >= 15 is 0 Å². The highest BCUT2D eigenvalue weighted by atomic mass is 32.2. The molecule has 11 heteroatoms. The summed E-state index contributed by atoms with van der Waals surface area (Å²) in [5, 5.41) is 12.8. The Balaban J connectivity index is 1.92. The minimum absolute atomic E-state index is 0.0251. The molecule has 0 bridgehead atoms. The smallest absolute Gasteiger partial charge is 0.335 e. The van der Waals surface area contributed by atoms with Crippen molar-refractivity contribution in [3.05, 3.63) is 102 Å². The van der Waals surface area contributed by atoms with Crippen LogP contribution in [-0.2, 0) is 10.1 Å². The molecule has 3 aliphatic carbocycles. The van der Waals surface area contributed by atoms with Gasteiger partial charge in [-0.3, -0.25) is 24.6 Å². The molecular formula is C27H23N3O7S. The first kappa shape index (κ1) is 25.4. The number of nitrogens with zero attached hydrogens (tertiary/aromatic N) is 2. The molecular weight excluding hydrogens is 510 g/mol. The molecule has 3 N–H and O–H groups in total. The Labute approximate surface area is 215 Å². The van der Waals surface area contributed by atoms with E-state index in [1.807, 2.05) is 0 Å². The lowest BCUT2D eigenvalue weighted by Gasteiger charge is -2.17. The van der Waals surface area contributed by atoms with Gasteiger partial charge in [-0.2, -0.15) is 13.5 Å². The van der Waals surface area contributed by atoms with E-state index in [4.69, 9.17) is 5.11 Å². The summed E-state index contributed by atoms with van der Waals surface area (Å²) in [5.74, 6) is -1.13. The molecule has 2 aromatic carbocycles. The number of nitrogens with one attached hydrogen (secondary N) is 1. The van der Waals surface area contributed by atoms with Gasteiger partial charge in [0.15, 0.2) is 10.9 Å². The highest BCUT2D eigenvalue weighted by Crippen LogP contribution is 2.20. The normalized spacial score (nSPS) is 15.8. The van der Waals surface area contributed by atoms with Crippen LogP contribution in [0.3, 0.4) is 0 Å². The molecule has 0 aliphatic heterocycles. The second-order valence-electron chi connectivity index (χ2n) is 9.20.